The zero-order valence-electron chi connectivity index (χ0n) is 5.40. The molecule has 0 atom stereocenters. The highest BCUT2D eigenvalue weighted by molar-refractivity contribution is 5.39. The summed E-state index contributed by atoms with van der Waals surface area (Å²) in [5.41, 5.74) is 0.294. The second kappa shape index (κ2) is 1.91. The van der Waals surface area contributed by atoms with Crippen molar-refractivity contribution < 1.29 is 9.50 Å². The SMILES string of the molecule is Oc1c(F)nc2cnccn12. The van der Waals surface area contributed by atoms with Crippen molar-refractivity contribution in [3.05, 3.63) is 24.5 Å². The van der Waals surface area contributed by atoms with E-state index in [0.29, 0.717) is 5.65 Å². The fraction of sp³-hybridized carbons (Fsp3) is 0. The first-order chi connectivity index (χ1) is 5.29. The molecule has 0 saturated carbocycles. The second-order valence-electron chi connectivity index (χ2n) is 2.03. The first-order valence-electron chi connectivity index (χ1n) is 2.95. The van der Waals surface area contributed by atoms with Crippen molar-refractivity contribution in [3.63, 3.8) is 0 Å². The molecule has 0 aliphatic heterocycles. The highest BCUT2D eigenvalue weighted by atomic mass is 19.1. The van der Waals surface area contributed by atoms with Crippen molar-refractivity contribution in [2.24, 2.45) is 0 Å². The summed E-state index contributed by atoms with van der Waals surface area (Å²) in [6.07, 6.45) is 4.23. The third-order valence-corrected chi connectivity index (χ3v) is 1.36. The molecule has 56 valence electrons. The summed E-state index contributed by atoms with van der Waals surface area (Å²) in [6.45, 7) is 0. The molecule has 0 saturated heterocycles. The number of nitrogens with zero attached hydrogens (tertiary/aromatic N) is 3. The van der Waals surface area contributed by atoms with Gasteiger partial charge >= 0.3 is 0 Å². The molecule has 5 heteroatoms. The number of aromatic nitrogens is 3. The molecule has 4 nitrogen and oxygen atoms in total. The zero-order valence-corrected chi connectivity index (χ0v) is 5.40. The lowest BCUT2D eigenvalue weighted by molar-refractivity contribution is 0.404. The third-order valence-electron chi connectivity index (χ3n) is 1.36. The van der Waals surface area contributed by atoms with Gasteiger partial charge in [-0.15, -0.1) is 0 Å². The van der Waals surface area contributed by atoms with E-state index in [1.54, 1.807) is 0 Å². The van der Waals surface area contributed by atoms with Crippen LogP contribution in [0.2, 0.25) is 0 Å². The van der Waals surface area contributed by atoms with Crippen LogP contribution in [0.1, 0.15) is 0 Å². The number of fused-ring (bicyclic) bond motifs is 1. The fourth-order valence-electron chi connectivity index (χ4n) is 0.865. The van der Waals surface area contributed by atoms with Crippen molar-refractivity contribution in [1.29, 1.82) is 0 Å². The van der Waals surface area contributed by atoms with Crippen molar-refractivity contribution in [2.45, 2.75) is 0 Å². The minimum atomic E-state index is -0.877. The first-order valence-corrected chi connectivity index (χ1v) is 2.95. The lowest BCUT2D eigenvalue weighted by Crippen LogP contribution is -1.82. The highest BCUT2D eigenvalue weighted by Crippen LogP contribution is 2.15. The van der Waals surface area contributed by atoms with Gasteiger partial charge in [0.2, 0.25) is 0 Å². The second-order valence-corrected chi connectivity index (χ2v) is 2.03. The average molecular weight is 153 g/mol. The van der Waals surface area contributed by atoms with Crippen LogP contribution in [0.4, 0.5) is 4.39 Å². The van der Waals surface area contributed by atoms with Gasteiger partial charge in [0.25, 0.3) is 11.8 Å². The molecular weight excluding hydrogens is 149 g/mol. The Morgan fingerprint density at radius 1 is 1.55 bits per heavy atom. The van der Waals surface area contributed by atoms with Gasteiger partial charge in [-0.2, -0.15) is 9.37 Å². The Labute approximate surface area is 60.9 Å². The molecule has 2 heterocycles. The number of imidazole rings is 1. The van der Waals surface area contributed by atoms with E-state index in [1.807, 2.05) is 0 Å². The largest absolute Gasteiger partial charge is 0.491 e. The van der Waals surface area contributed by atoms with Crippen molar-refractivity contribution in [1.82, 2.24) is 14.4 Å². The van der Waals surface area contributed by atoms with E-state index in [-0.39, 0.29) is 0 Å². The summed E-state index contributed by atoms with van der Waals surface area (Å²) in [6, 6.07) is 0. The topological polar surface area (TPSA) is 50.4 Å². The van der Waals surface area contributed by atoms with E-state index >= 15 is 0 Å². The summed E-state index contributed by atoms with van der Waals surface area (Å²) in [7, 11) is 0. The Morgan fingerprint density at radius 2 is 2.36 bits per heavy atom. The summed E-state index contributed by atoms with van der Waals surface area (Å²) in [5, 5.41) is 9.00. The lowest BCUT2D eigenvalue weighted by Gasteiger charge is -1.89. The molecule has 0 radical (unpaired) electrons. The van der Waals surface area contributed by atoms with Gasteiger partial charge < -0.3 is 5.11 Å². The molecule has 0 amide bonds. The van der Waals surface area contributed by atoms with Crippen molar-refractivity contribution in [2.75, 3.05) is 0 Å². The van der Waals surface area contributed by atoms with Crippen LogP contribution in [0.3, 0.4) is 0 Å². The van der Waals surface area contributed by atoms with Crippen LogP contribution in [-0.2, 0) is 0 Å². The lowest BCUT2D eigenvalue weighted by atomic mass is 10.7. The van der Waals surface area contributed by atoms with E-state index in [0.717, 1.165) is 0 Å². The monoisotopic (exact) mass is 153 g/mol. The minimum absolute atomic E-state index is 0.294. The number of halogens is 1. The predicted octanol–water partition coefficient (Wildman–Crippen LogP) is 0.574. The quantitative estimate of drug-likeness (QED) is 0.602. The summed E-state index contributed by atoms with van der Waals surface area (Å²) < 4.78 is 13.7. The normalized spacial score (nSPS) is 10.6. The molecule has 2 rings (SSSR count). The molecule has 0 aliphatic rings. The van der Waals surface area contributed by atoms with Gasteiger partial charge in [0.15, 0.2) is 5.65 Å². The van der Waals surface area contributed by atoms with Crippen LogP contribution < -0.4 is 0 Å². The Kier molecular flexibility index (Phi) is 1.06. The Hall–Kier alpha value is -1.65. The Morgan fingerprint density at radius 3 is 3.09 bits per heavy atom. The maximum atomic E-state index is 12.5. The van der Waals surface area contributed by atoms with Crippen molar-refractivity contribution in [3.8, 4) is 5.88 Å². The van der Waals surface area contributed by atoms with Crippen LogP contribution in [0.5, 0.6) is 5.88 Å². The Bertz CT molecular complexity index is 398. The van der Waals surface area contributed by atoms with Gasteiger partial charge in [0.05, 0.1) is 6.20 Å². The van der Waals surface area contributed by atoms with Gasteiger partial charge in [0, 0.05) is 12.4 Å². The van der Waals surface area contributed by atoms with E-state index in [2.05, 4.69) is 9.97 Å². The summed E-state index contributed by atoms with van der Waals surface area (Å²) >= 11 is 0. The molecule has 0 bridgehead atoms. The van der Waals surface area contributed by atoms with Crippen LogP contribution in [-0.4, -0.2) is 19.5 Å². The molecule has 1 N–H and O–H groups in total. The maximum absolute atomic E-state index is 12.5. The number of hydrogen-bond donors (Lipinski definition) is 1. The van der Waals surface area contributed by atoms with Gasteiger partial charge in [-0.05, 0) is 0 Å². The number of aromatic hydroxyl groups is 1. The molecule has 11 heavy (non-hydrogen) atoms. The van der Waals surface area contributed by atoms with Crippen LogP contribution in [0.15, 0.2) is 18.6 Å². The maximum Gasteiger partial charge on any atom is 0.276 e. The zero-order chi connectivity index (χ0) is 7.84. The van der Waals surface area contributed by atoms with Crippen LogP contribution >= 0.6 is 0 Å². The van der Waals surface area contributed by atoms with Crippen molar-refractivity contribution >= 4 is 5.65 Å². The third kappa shape index (κ3) is 0.739. The van der Waals surface area contributed by atoms with Crippen LogP contribution in [0.25, 0.3) is 5.65 Å². The molecule has 0 aromatic carbocycles. The highest BCUT2D eigenvalue weighted by Gasteiger charge is 2.08. The number of hydrogen-bond acceptors (Lipinski definition) is 3. The molecular formula is C6H4FN3O. The van der Waals surface area contributed by atoms with Gasteiger partial charge in [-0.3, -0.25) is 9.38 Å². The molecule has 0 unspecified atom stereocenters. The van der Waals surface area contributed by atoms with E-state index in [9.17, 15) is 4.39 Å². The fourth-order valence-corrected chi connectivity index (χ4v) is 0.865. The number of rotatable bonds is 0. The van der Waals surface area contributed by atoms with E-state index < -0.39 is 11.8 Å². The van der Waals surface area contributed by atoms with E-state index in [4.69, 9.17) is 5.11 Å². The van der Waals surface area contributed by atoms with Gasteiger partial charge in [-0.25, -0.2) is 0 Å². The van der Waals surface area contributed by atoms with Crippen LogP contribution in [0, 0.1) is 5.95 Å². The average Bonchev–Trinajstić information content (AvgIpc) is 2.30. The molecule has 2 aromatic rings. The van der Waals surface area contributed by atoms with Gasteiger partial charge in [0.1, 0.15) is 0 Å². The molecule has 0 aliphatic carbocycles. The molecule has 2 aromatic heterocycles. The standard InChI is InChI=1S/C6H4FN3O/c7-5-6(11)10-2-1-8-3-4(10)9-5/h1-3,11H. The summed E-state index contributed by atoms with van der Waals surface area (Å²) in [5.74, 6) is -1.36. The van der Waals surface area contributed by atoms with E-state index in [1.165, 1.54) is 23.0 Å². The summed E-state index contributed by atoms with van der Waals surface area (Å²) in [4.78, 5) is 7.10. The smallest absolute Gasteiger partial charge is 0.276 e. The predicted molar refractivity (Wildman–Crippen MR) is 34.6 cm³/mol. The minimum Gasteiger partial charge on any atom is -0.491 e. The molecule has 0 fully saturated rings. The first kappa shape index (κ1) is 6.09. The molecule has 0 spiro atoms. The van der Waals surface area contributed by atoms with Gasteiger partial charge in [-0.1, -0.05) is 0 Å². The Balaban J connectivity index is 2.92.